The van der Waals surface area contributed by atoms with Crippen molar-refractivity contribution in [3.63, 3.8) is 0 Å². The van der Waals surface area contributed by atoms with Crippen molar-refractivity contribution >= 4 is 0 Å². The van der Waals surface area contributed by atoms with Crippen LogP contribution in [0.1, 0.15) is 31.5 Å². The molecule has 0 unspecified atom stereocenters. The third-order valence-electron chi connectivity index (χ3n) is 1.75. The summed E-state index contributed by atoms with van der Waals surface area (Å²) in [4.78, 5) is 8.04. The average molecular weight is 193 g/mol. The molecule has 2 aromatic heterocycles. The first-order valence-corrected chi connectivity index (χ1v) is 4.40. The second-order valence-electron chi connectivity index (χ2n) is 3.30. The summed E-state index contributed by atoms with van der Waals surface area (Å²) in [5, 5.41) is 7.79. The molecule has 0 fully saturated rings. The average Bonchev–Trinajstić information content (AvgIpc) is 2.75. The van der Waals surface area contributed by atoms with Crippen LogP contribution in [0.15, 0.2) is 17.2 Å². The first kappa shape index (κ1) is 8.86. The van der Waals surface area contributed by atoms with Gasteiger partial charge in [0.25, 0.3) is 0 Å². The second kappa shape index (κ2) is 3.57. The van der Waals surface area contributed by atoms with Crippen LogP contribution in [0.3, 0.4) is 0 Å². The molecule has 0 amide bonds. The lowest BCUT2D eigenvalue weighted by molar-refractivity contribution is 0.359. The van der Waals surface area contributed by atoms with Gasteiger partial charge in [0, 0.05) is 5.92 Å². The summed E-state index contributed by atoms with van der Waals surface area (Å²) in [6.07, 6.45) is 3.09. The minimum Gasteiger partial charge on any atom is -0.339 e. The maximum absolute atomic E-state index is 5.05. The molecule has 2 heterocycles. The van der Waals surface area contributed by atoms with Crippen molar-refractivity contribution in [1.29, 1.82) is 0 Å². The molecule has 0 N–H and O–H groups in total. The molecule has 0 atom stereocenters. The Morgan fingerprint density at radius 3 is 2.93 bits per heavy atom. The minimum atomic E-state index is 0.256. The van der Waals surface area contributed by atoms with Gasteiger partial charge in [-0.3, -0.25) is 0 Å². The summed E-state index contributed by atoms with van der Waals surface area (Å²) in [6.45, 7) is 4.51. The molecule has 2 rings (SSSR count). The Hall–Kier alpha value is -1.72. The maximum Gasteiger partial charge on any atom is 0.229 e. The zero-order valence-electron chi connectivity index (χ0n) is 8.08. The van der Waals surface area contributed by atoms with Crippen molar-refractivity contribution in [1.82, 2.24) is 24.9 Å². The van der Waals surface area contributed by atoms with Gasteiger partial charge in [-0.25, -0.2) is 9.67 Å². The SMILES string of the molecule is CC(C)c1nc(Cn2cncn2)no1. The van der Waals surface area contributed by atoms with E-state index in [1.54, 1.807) is 11.0 Å². The van der Waals surface area contributed by atoms with E-state index in [2.05, 4.69) is 20.2 Å². The van der Waals surface area contributed by atoms with Crippen LogP contribution in [0, 0.1) is 0 Å². The quantitative estimate of drug-likeness (QED) is 0.722. The number of nitrogens with zero attached hydrogens (tertiary/aromatic N) is 5. The lowest BCUT2D eigenvalue weighted by Gasteiger charge is -1.93. The summed E-state index contributed by atoms with van der Waals surface area (Å²) < 4.78 is 6.70. The molecule has 0 spiro atoms. The summed E-state index contributed by atoms with van der Waals surface area (Å²) in [7, 11) is 0. The van der Waals surface area contributed by atoms with Crippen LogP contribution in [0.5, 0.6) is 0 Å². The van der Waals surface area contributed by atoms with E-state index >= 15 is 0 Å². The number of rotatable bonds is 3. The standard InChI is InChI=1S/C8H11N5O/c1-6(2)8-11-7(12-14-8)3-13-5-9-4-10-13/h4-6H,3H2,1-2H3. The van der Waals surface area contributed by atoms with Crippen LogP contribution < -0.4 is 0 Å². The lowest BCUT2D eigenvalue weighted by atomic mass is 10.2. The van der Waals surface area contributed by atoms with Crippen molar-refractivity contribution in [2.75, 3.05) is 0 Å². The van der Waals surface area contributed by atoms with Crippen molar-refractivity contribution in [3.8, 4) is 0 Å². The van der Waals surface area contributed by atoms with Crippen molar-refractivity contribution in [2.24, 2.45) is 0 Å². The van der Waals surface area contributed by atoms with Crippen molar-refractivity contribution in [2.45, 2.75) is 26.3 Å². The molecule has 0 aromatic carbocycles. The van der Waals surface area contributed by atoms with Gasteiger partial charge in [0.05, 0.1) is 0 Å². The summed E-state index contributed by atoms with van der Waals surface area (Å²) in [6, 6.07) is 0. The molecular weight excluding hydrogens is 182 g/mol. The molecule has 0 saturated heterocycles. The molecule has 2 aromatic rings. The van der Waals surface area contributed by atoms with Gasteiger partial charge in [-0.15, -0.1) is 0 Å². The number of hydrogen-bond donors (Lipinski definition) is 0. The largest absolute Gasteiger partial charge is 0.339 e. The zero-order valence-corrected chi connectivity index (χ0v) is 8.08. The second-order valence-corrected chi connectivity index (χ2v) is 3.30. The Balaban J connectivity index is 2.11. The fraction of sp³-hybridized carbons (Fsp3) is 0.500. The Morgan fingerprint density at radius 1 is 1.50 bits per heavy atom. The van der Waals surface area contributed by atoms with Gasteiger partial charge in [-0.2, -0.15) is 10.1 Å². The molecule has 0 radical (unpaired) electrons. The van der Waals surface area contributed by atoms with Gasteiger partial charge in [0.2, 0.25) is 5.89 Å². The van der Waals surface area contributed by atoms with Crippen LogP contribution in [-0.2, 0) is 6.54 Å². The van der Waals surface area contributed by atoms with Crippen molar-refractivity contribution < 1.29 is 4.52 Å². The lowest BCUT2D eigenvalue weighted by Crippen LogP contribution is -2.01. The zero-order chi connectivity index (χ0) is 9.97. The van der Waals surface area contributed by atoms with Crippen LogP contribution in [0.4, 0.5) is 0 Å². The number of aromatic nitrogens is 5. The Kier molecular flexibility index (Phi) is 2.26. The van der Waals surface area contributed by atoms with Crippen LogP contribution in [0.25, 0.3) is 0 Å². The molecule has 0 bridgehead atoms. The van der Waals surface area contributed by atoms with E-state index in [4.69, 9.17) is 4.52 Å². The number of hydrogen-bond acceptors (Lipinski definition) is 5. The Labute approximate surface area is 81.0 Å². The monoisotopic (exact) mass is 193 g/mol. The molecule has 0 aliphatic heterocycles. The molecule has 74 valence electrons. The van der Waals surface area contributed by atoms with Gasteiger partial charge in [0.15, 0.2) is 5.82 Å². The van der Waals surface area contributed by atoms with E-state index in [-0.39, 0.29) is 5.92 Å². The summed E-state index contributed by atoms with van der Waals surface area (Å²) in [5.74, 6) is 1.53. The van der Waals surface area contributed by atoms with Crippen molar-refractivity contribution in [3.05, 3.63) is 24.4 Å². The topological polar surface area (TPSA) is 69.6 Å². The van der Waals surface area contributed by atoms with Crippen LogP contribution in [0.2, 0.25) is 0 Å². The van der Waals surface area contributed by atoms with Gasteiger partial charge in [0.1, 0.15) is 19.2 Å². The third kappa shape index (κ3) is 1.78. The fourth-order valence-electron chi connectivity index (χ4n) is 1.03. The molecule has 0 saturated carbocycles. The predicted molar refractivity (Wildman–Crippen MR) is 47.5 cm³/mol. The molecule has 0 aliphatic rings. The molecule has 14 heavy (non-hydrogen) atoms. The highest BCUT2D eigenvalue weighted by atomic mass is 16.5. The molecule has 6 heteroatoms. The first-order valence-electron chi connectivity index (χ1n) is 4.40. The highest BCUT2D eigenvalue weighted by Gasteiger charge is 2.09. The van der Waals surface area contributed by atoms with Gasteiger partial charge in [-0.05, 0) is 0 Å². The Morgan fingerprint density at radius 2 is 2.36 bits per heavy atom. The highest BCUT2D eigenvalue weighted by Crippen LogP contribution is 2.10. The maximum atomic E-state index is 5.05. The van der Waals surface area contributed by atoms with Gasteiger partial charge in [-0.1, -0.05) is 19.0 Å². The normalized spacial score (nSPS) is 11.1. The van der Waals surface area contributed by atoms with Gasteiger partial charge < -0.3 is 4.52 Å². The minimum absolute atomic E-state index is 0.256. The first-order chi connectivity index (χ1) is 6.75. The third-order valence-corrected chi connectivity index (χ3v) is 1.75. The van der Waals surface area contributed by atoms with E-state index in [0.717, 1.165) is 0 Å². The van der Waals surface area contributed by atoms with E-state index in [9.17, 15) is 0 Å². The Bertz CT molecular complexity index is 392. The molecule has 6 nitrogen and oxygen atoms in total. The van der Waals surface area contributed by atoms with Gasteiger partial charge >= 0.3 is 0 Å². The summed E-state index contributed by atoms with van der Waals surface area (Å²) in [5.41, 5.74) is 0. The summed E-state index contributed by atoms with van der Waals surface area (Å²) >= 11 is 0. The predicted octanol–water partition coefficient (Wildman–Crippen LogP) is 0.833. The van der Waals surface area contributed by atoms with E-state index in [0.29, 0.717) is 18.3 Å². The highest BCUT2D eigenvalue weighted by molar-refractivity contribution is 4.90. The molecule has 0 aliphatic carbocycles. The van der Waals surface area contributed by atoms with Crippen LogP contribution >= 0.6 is 0 Å². The van der Waals surface area contributed by atoms with Crippen LogP contribution in [-0.4, -0.2) is 24.9 Å². The van der Waals surface area contributed by atoms with E-state index < -0.39 is 0 Å². The van der Waals surface area contributed by atoms with E-state index in [1.807, 2.05) is 13.8 Å². The fourth-order valence-corrected chi connectivity index (χ4v) is 1.03. The van der Waals surface area contributed by atoms with E-state index in [1.165, 1.54) is 6.33 Å². The smallest absolute Gasteiger partial charge is 0.229 e. The molecular formula is C8H11N5O.